The third-order valence-electron chi connectivity index (χ3n) is 3.20. The second-order valence-electron chi connectivity index (χ2n) is 4.68. The number of amides is 1. The molecule has 1 heterocycles. The van der Waals surface area contributed by atoms with Gasteiger partial charge < -0.3 is 4.57 Å². The molecule has 0 fully saturated rings. The molecule has 2 aromatic carbocycles. The van der Waals surface area contributed by atoms with E-state index >= 15 is 0 Å². The molecular formula is C17H10BrIN2OS. The van der Waals surface area contributed by atoms with Crippen LogP contribution in [0, 0.1) is 15.9 Å². The maximum atomic E-state index is 12.5. The zero-order valence-electron chi connectivity index (χ0n) is 11.8. The number of halogens is 2. The van der Waals surface area contributed by atoms with Crippen molar-refractivity contribution < 1.29 is 4.79 Å². The topological polar surface area (TPSA) is 34.4 Å². The van der Waals surface area contributed by atoms with Crippen LogP contribution in [0.3, 0.4) is 0 Å². The quantitative estimate of drug-likeness (QED) is 0.381. The Hall–Kier alpha value is -1.43. The van der Waals surface area contributed by atoms with E-state index in [0.29, 0.717) is 16.9 Å². The van der Waals surface area contributed by atoms with E-state index < -0.39 is 0 Å². The van der Waals surface area contributed by atoms with E-state index in [4.69, 9.17) is 6.42 Å². The van der Waals surface area contributed by atoms with Crippen LogP contribution in [0.4, 0.5) is 0 Å². The summed E-state index contributed by atoms with van der Waals surface area (Å²) in [6.45, 7) is 0.375. The van der Waals surface area contributed by atoms with Gasteiger partial charge in [0.2, 0.25) is 0 Å². The number of carbonyl (C=O) groups excluding carboxylic acids is 1. The summed E-state index contributed by atoms with van der Waals surface area (Å²) in [6, 6.07) is 13.3. The molecule has 1 aromatic heterocycles. The lowest BCUT2D eigenvalue weighted by atomic mass is 10.2. The van der Waals surface area contributed by atoms with Crippen LogP contribution in [0.2, 0.25) is 0 Å². The van der Waals surface area contributed by atoms with Crippen molar-refractivity contribution in [3.63, 3.8) is 0 Å². The van der Waals surface area contributed by atoms with Crippen LogP contribution in [0.25, 0.3) is 10.2 Å². The van der Waals surface area contributed by atoms with E-state index in [1.165, 1.54) is 11.3 Å². The summed E-state index contributed by atoms with van der Waals surface area (Å²) >= 11 is 7.05. The first-order chi connectivity index (χ1) is 11.1. The molecule has 0 atom stereocenters. The van der Waals surface area contributed by atoms with Gasteiger partial charge in [-0.2, -0.15) is 4.99 Å². The molecule has 114 valence electrons. The minimum atomic E-state index is -0.258. The highest BCUT2D eigenvalue weighted by Crippen LogP contribution is 2.22. The fraction of sp³-hybridized carbons (Fsp3) is 0.0588. The number of hydrogen-bond acceptors (Lipinski definition) is 2. The number of carbonyl (C=O) groups is 1. The molecule has 0 aliphatic heterocycles. The van der Waals surface area contributed by atoms with Gasteiger partial charge in [-0.05, 0) is 52.9 Å². The van der Waals surface area contributed by atoms with Gasteiger partial charge in [-0.1, -0.05) is 45.3 Å². The van der Waals surface area contributed by atoms with Crippen LogP contribution < -0.4 is 4.80 Å². The number of terminal acetylenes is 1. The third kappa shape index (κ3) is 3.42. The Labute approximate surface area is 159 Å². The van der Waals surface area contributed by atoms with Gasteiger partial charge in [0.15, 0.2) is 4.80 Å². The molecule has 0 aliphatic carbocycles. The Morgan fingerprint density at radius 1 is 1.35 bits per heavy atom. The Morgan fingerprint density at radius 3 is 2.87 bits per heavy atom. The summed E-state index contributed by atoms with van der Waals surface area (Å²) in [5.74, 6) is 2.37. The van der Waals surface area contributed by atoms with Gasteiger partial charge in [-0.25, -0.2) is 0 Å². The van der Waals surface area contributed by atoms with Gasteiger partial charge in [-0.15, -0.1) is 6.42 Å². The van der Waals surface area contributed by atoms with Crippen LogP contribution in [0.5, 0.6) is 0 Å². The predicted octanol–water partition coefficient (Wildman–Crippen LogP) is 4.44. The lowest BCUT2D eigenvalue weighted by Gasteiger charge is -2.00. The van der Waals surface area contributed by atoms with Crippen molar-refractivity contribution in [3.8, 4) is 12.3 Å². The van der Waals surface area contributed by atoms with Gasteiger partial charge in [0.1, 0.15) is 0 Å². The molecule has 6 heteroatoms. The van der Waals surface area contributed by atoms with E-state index in [9.17, 15) is 4.79 Å². The van der Waals surface area contributed by atoms with Crippen LogP contribution in [-0.2, 0) is 6.54 Å². The lowest BCUT2D eigenvalue weighted by Crippen LogP contribution is -2.16. The van der Waals surface area contributed by atoms with E-state index in [0.717, 1.165) is 18.3 Å². The number of benzene rings is 2. The first-order valence-corrected chi connectivity index (χ1v) is 9.35. The van der Waals surface area contributed by atoms with E-state index in [1.54, 1.807) is 6.07 Å². The summed E-state index contributed by atoms with van der Waals surface area (Å²) < 4.78 is 4.78. The first kappa shape index (κ1) is 16.4. The van der Waals surface area contributed by atoms with E-state index in [1.807, 2.05) is 41.0 Å². The van der Waals surface area contributed by atoms with Crippen molar-refractivity contribution in [2.45, 2.75) is 6.54 Å². The Balaban J connectivity index is 2.19. The molecule has 0 radical (unpaired) electrons. The highest BCUT2D eigenvalue weighted by molar-refractivity contribution is 14.1. The lowest BCUT2D eigenvalue weighted by molar-refractivity contribution is 0.0997. The fourth-order valence-electron chi connectivity index (χ4n) is 2.16. The summed E-state index contributed by atoms with van der Waals surface area (Å²) in [5.41, 5.74) is 1.57. The number of fused-ring (bicyclic) bond motifs is 1. The molecule has 0 unspecified atom stereocenters. The SMILES string of the molecule is C#CCn1c(=NC(=O)c2ccccc2I)sc2cc(Br)ccc21. The van der Waals surface area contributed by atoms with Gasteiger partial charge in [-0.3, -0.25) is 4.79 Å². The standard InChI is InChI=1S/C17H10BrIN2OS/c1-2-9-21-14-8-7-11(18)10-15(14)23-17(21)20-16(22)12-5-3-4-6-13(12)19/h1,3-8,10H,9H2. The van der Waals surface area contributed by atoms with Gasteiger partial charge in [0, 0.05) is 8.04 Å². The highest BCUT2D eigenvalue weighted by Gasteiger charge is 2.11. The maximum Gasteiger partial charge on any atom is 0.280 e. The Morgan fingerprint density at radius 2 is 2.13 bits per heavy atom. The molecule has 3 aromatic rings. The fourth-order valence-corrected chi connectivity index (χ4v) is 4.36. The Bertz CT molecular complexity index is 1010. The average Bonchev–Trinajstić information content (AvgIpc) is 2.84. The molecular weight excluding hydrogens is 487 g/mol. The molecule has 0 saturated carbocycles. The van der Waals surface area contributed by atoms with Crippen molar-refractivity contribution in [1.29, 1.82) is 0 Å². The van der Waals surface area contributed by atoms with Crippen molar-refractivity contribution in [2.24, 2.45) is 4.99 Å². The summed E-state index contributed by atoms with van der Waals surface area (Å²) in [4.78, 5) is 17.4. The Kier molecular flexibility index (Phi) is 4.99. The van der Waals surface area contributed by atoms with Crippen molar-refractivity contribution in [2.75, 3.05) is 0 Å². The van der Waals surface area contributed by atoms with Gasteiger partial charge >= 0.3 is 0 Å². The van der Waals surface area contributed by atoms with E-state index in [-0.39, 0.29) is 5.91 Å². The smallest absolute Gasteiger partial charge is 0.280 e. The minimum absolute atomic E-state index is 0.258. The van der Waals surface area contributed by atoms with Gasteiger partial charge in [0.05, 0.1) is 22.3 Å². The van der Waals surface area contributed by atoms with Crippen molar-refractivity contribution in [3.05, 3.63) is 60.9 Å². The van der Waals surface area contributed by atoms with Gasteiger partial charge in [0.25, 0.3) is 5.91 Å². The zero-order chi connectivity index (χ0) is 16.4. The first-order valence-electron chi connectivity index (χ1n) is 6.66. The molecule has 0 bridgehead atoms. The molecule has 0 N–H and O–H groups in total. The number of nitrogens with zero attached hydrogens (tertiary/aromatic N) is 2. The maximum absolute atomic E-state index is 12.5. The summed E-state index contributed by atoms with van der Waals surface area (Å²) in [6.07, 6.45) is 5.47. The van der Waals surface area contributed by atoms with Crippen LogP contribution in [-0.4, -0.2) is 10.5 Å². The minimum Gasteiger partial charge on any atom is -0.305 e. The summed E-state index contributed by atoms with van der Waals surface area (Å²) in [7, 11) is 0. The monoisotopic (exact) mass is 496 g/mol. The largest absolute Gasteiger partial charge is 0.305 e. The van der Waals surface area contributed by atoms with E-state index in [2.05, 4.69) is 49.4 Å². The summed E-state index contributed by atoms with van der Waals surface area (Å²) in [5, 5.41) is 0. The number of thiazole rings is 1. The van der Waals surface area contributed by atoms with Crippen molar-refractivity contribution >= 4 is 66.0 Å². The number of rotatable bonds is 2. The number of aromatic nitrogens is 1. The van der Waals surface area contributed by atoms with Crippen LogP contribution in [0.15, 0.2) is 51.9 Å². The third-order valence-corrected chi connectivity index (χ3v) is 5.67. The zero-order valence-corrected chi connectivity index (χ0v) is 16.4. The number of hydrogen-bond donors (Lipinski definition) is 0. The van der Waals surface area contributed by atoms with Crippen LogP contribution in [0.1, 0.15) is 10.4 Å². The molecule has 3 nitrogen and oxygen atoms in total. The molecule has 23 heavy (non-hydrogen) atoms. The normalized spacial score (nSPS) is 11.6. The molecule has 0 saturated heterocycles. The molecule has 3 rings (SSSR count). The average molecular weight is 497 g/mol. The molecule has 0 aliphatic rings. The second-order valence-corrected chi connectivity index (χ2v) is 7.77. The highest BCUT2D eigenvalue weighted by atomic mass is 127. The van der Waals surface area contributed by atoms with Crippen molar-refractivity contribution in [1.82, 2.24) is 4.57 Å². The van der Waals surface area contributed by atoms with Crippen LogP contribution >= 0.6 is 49.9 Å². The predicted molar refractivity (Wildman–Crippen MR) is 105 cm³/mol. The second kappa shape index (κ2) is 6.99. The molecule has 1 amide bonds. The molecule has 0 spiro atoms.